The highest BCUT2D eigenvalue weighted by atomic mass is 35.5. The van der Waals surface area contributed by atoms with Crippen molar-refractivity contribution in [2.45, 2.75) is 12.8 Å². The Hall–Kier alpha value is -1.01. The van der Waals surface area contributed by atoms with Crippen molar-refractivity contribution in [1.82, 2.24) is 15.1 Å². The Kier molecular flexibility index (Phi) is 8.30. The Morgan fingerprint density at radius 2 is 1.76 bits per heavy atom. The van der Waals surface area contributed by atoms with Gasteiger partial charge in [0, 0.05) is 43.7 Å². The number of amides is 1. The minimum absolute atomic E-state index is 0. The van der Waals surface area contributed by atoms with Gasteiger partial charge in [-0.05, 0) is 50.2 Å². The van der Waals surface area contributed by atoms with Crippen molar-refractivity contribution in [3.05, 3.63) is 29.3 Å². The first-order valence-electron chi connectivity index (χ1n) is 8.82. The van der Waals surface area contributed by atoms with Crippen molar-refractivity contribution >= 4 is 29.9 Å². The summed E-state index contributed by atoms with van der Waals surface area (Å²) in [7, 11) is 0. The number of ether oxygens (including phenoxy) is 1. The number of hydrogen-bond acceptors (Lipinski definition) is 4. The highest BCUT2D eigenvalue weighted by molar-refractivity contribution is 6.30. The van der Waals surface area contributed by atoms with E-state index >= 15 is 0 Å². The zero-order valence-electron chi connectivity index (χ0n) is 14.5. The maximum Gasteiger partial charge on any atom is 0.225 e. The van der Waals surface area contributed by atoms with E-state index in [1.807, 2.05) is 29.2 Å². The van der Waals surface area contributed by atoms with Gasteiger partial charge in [-0.1, -0.05) is 11.6 Å². The van der Waals surface area contributed by atoms with Gasteiger partial charge in [0.15, 0.2) is 0 Å². The number of halogens is 2. The molecule has 140 valence electrons. The van der Waals surface area contributed by atoms with E-state index in [0.29, 0.717) is 12.5 Å². The van der Waals surface area contributed by atoms with Crippen LogP contribution in [0.15, 0.2) is 24.3 Å². The third-order valence-corrected chi connectivity index (χ3v) is 5.11. The topological polar surface area (TPSA) is 44.8 Å². The molecule has 0 atom stereocenters. The quantitative estimate of drug-likeness (QED) is 0.841. The third kappa shape index (κ3) is 6.03. The van der Waals surface area contributed by atoms with Crippen LogP contribution in [0.1, 0.15) is 12.8 Å². The standard InChI is InChI=1S/C18H26ClN3O2.ClH/c19-16-1-3-17(4-2-16)24-14-13-21-9-11-22(12-10-21)18(23)15-5-7-20-8-6-15;/h1-4,15,20H,5-14H2;1H. The average molecular weight is 388 g/mol. The highest BCUT2D eigenvalue weighted by Gasteiger charge is 2.28. The lowest BCUT2D eigenvalue weighted by Crippen LogP contribution is -2.52. The van der Waals surface area contributed by atoms with Crippen LogP contribution < -0.4 is 10.1 Å². The Labute approximate surface area is 161 Å². The Bertz CT molecular complexity index is 528. The molecule has 1 amide bonds. The normalized spacial score (nSPS) is 19.3. The van der Waals surface area contributed by atoms with Crippen LogP contribution in [0.5, 0.6) is 5.75 Å². The molecule has 25 heavy (non-hydrogen) atoms. The second-order valence-corrected chi connectivity index (χ2v) is 6.93. The van der Waals surface area contributed by atoms with Crippen molar-refractivity contribution in [3.63, 3.8) is 0 Å². The van der Waals surface area contributed by atoms with Crippen LogP contribution in [-0.4, -0.2) is 68.1 Å². The largest absolute Gasteiger partial charge is 0.492 e. The minimum Gasteiger partial charge on any atom is -0.492 e. The molecule has 2 fully saturated rings. The molecule has 1 aromatic rings. The third-order valence-electron chi connectivity index (χ3n) is 4.86. The second-order valence-electron chi connectivity index (χ2n) is 6.49. The van der Waals surface area contributed by atoms with Crippen LogP contribution in [-0.2, 0) is 4.79 Å². The fourth-order valence-corrected chi connectivity index (χ4v) is 3.47. The van der Waals surface area contributed by atoms with Crippen LogP contribution in [0.25, 0.3) is 0 Å². The minimum atomic E-state index is 0. The molecule has 0 aliphatic carbocycles. The van der Waals surface area contributed by atoms with Crippen molar-refractivity contribution < 1.29 is 9.53 Å². The lowest BCUT2D eigenvalue weighted by Gasteiger charge is -2.37. The highest BCUT2D eigenvalue weighted by Crippen LogP contribution is 2.17. The van der Waals surface area contributed by atoms with Gasteiger partial charge in [-0.15, -0.1) is 12.4 Å². The van der Waals surface area contributed by atoms with Crippen LogP contribution in [0, 0.1) is 5.92 Å². The van der Waals surface area contributed by atoms with Gasteiger partial charge in [0.2, 0.25) is 5.91 Å². The summed E-state index contributed by atoms with van der Waals surface area (Å²) in [4.78, 5) is 16.9. The molecule has 0 aromatic heterocycles. The lowest BCUT2D eigenvalue weighted by molar-refractivity contribution is -0.138. The fraction of sp³-hybridized carbons (Fsp3) is 0.611. The van der Waals surface area contributed by atoms with Gasteiger partial charge in [0.1, 0.15) is 12.4 Å². The van der Waals surface area contributed by atoms with E-state index < -0.39 is 0 Å². The van der Waals surface area contributed by atoms with Gasteiger partial charge in [0.05, 0.1) is 0 Å². The molecular formula is C18H27Cl2N3O2. The average Bonchev–Trinajstić information content (AvgIpc) is 2.64. The Balaban J connectivity index is 0.00000225. The molecule has 0 bridgehead atoms. The molecule has 2 aliphatic heterocycles. The molecule has 5 nitrogen and oxygen atoms in total. The van der Waals surface area contributed by atoms with Crippen molar-refractivity contribution in [3.8, 4) is 5.75 Å². The summed E-state index contributed by atoms with van der Waals surface area (Å²) in [5, 5.41) is 4.04. The first-order valence-corrected chi connectivity index (χ1v) is 9.20. The van der Waals surface area contributed by atoms with Crippen molar-refractivity contribution in [2.24, 2.45) is 5.92 Å². The smallest absolute Gasteiger partial charge is 0.225 e. The summed E-state index contributed by atoms with van der Waals surface area (Å²) in [6.07, 6.45) is 1.96. The summed E-state index contributed by atoms with van der Waals surface area (Å²) < 4.78 is 5.75. The Morgan fingerprint density at radius 3 is 2.40 bits per heavy atom. The first-order chi connectivity index (χ1) is 11.7. The molecule has 1 N–H and O–H groups in total. The molecule has 0 unspecified atom stereocenters. The van der Waals surface area contributed by atoms with E-state index in [2.05, 4.69) is 10.2 Å². The second kappa shape index (κ2) is 10.2. The Morgan fingerprint density at radius 1 is 1.12 bits per heavy atom. The van der Waals surface area contributed by atoms with Gasteiger partial charge >= 0.3 is 0 Å². The zero-order chi connectivity index (χ0) is 16.8. The summed E-state index contributed by atoms with van der Waals surface area (Å²) in [6.45, 7) is 7.02. The number of piperidine rings is 1. The number of rotatable bonds is 5. The monoisotopic (exact) mass is 387 g/mol. The van der Waals surface area contributed by atoms with Gasteiger partial charge < -0.3 is 15.0 Å². The number of nitrogens with zero attached hydrogens (tertiary/aromatic N) is 2. The first kappa shape index (κ1) is 20.3. The van der Waals surface area contributed by atoms with E-state index in [4.69, 9.17) is 16.3 Å². The molecule has 0 spiro atoms. The van der Waals surface area contributed by atoms with Crippen molar-refractivity contribution in [2.75, 3.05) is 52.4 Å². The van der Waals surface area contributed by atoms with Crippen molar-refractivity contribution in [1.29, 1.82) is 0 Å². The SMILES string of the molecule is Cl.O=C(C1CCNCC1)N1CCN(CCOc2ccc(Cl)cc2)CC1. The maximum atomic E-state index is 12.5. The van der Waals surface area contributed by atoms with Gasteiger partial charge in [-0.25, -0.2) is 0 Å². The zero-order valence-corrected chi connectivity index (χ0v) is 16.0. The predicted molar refractivity (Wildman–Crippen MR) is 103 cm³/mol. The van der Waals surface area contributed by atoms with Crippen LogP contribution >= 0.6 is 24.0 Å². The predicted octanol–water partition coefficient (Wildman–Crippen LogP) is 2.28. The molecule has 0 saturated carbocycles. The lowest BCUT2D eigenvalue weighted by atomic mass is 9.96. The number of carbonyl (C=O) groups is 1. The van der Waals surface area contributed by atoms with E-state index in [-0.39, 0.29) is 18.3 Å². The van der Waals surface area contributed by atoms with Crippen LogP contribution in [0.3, 0.4) is 0 Å². The summed E-state index contributed by atoms with van der Waals surface area (Å²) in [5.74, 6) is 1.43. The van der Waals surface area contributed by atoms with Gasteiger partial charge in [0.25, 0.3) is 0 Å². The van der Waals surface area contributed by atoms with E-state index in [1.54, 1.807) is 0 Å². The number of benzene rings is 1. The molecule has 2 saturated heterocycles. The molecule has 2 aliphatic rings. The van der Waals surface area contributed by atoms with Crippen LogP contribution in [0.2, 0.25) is 5.02 Å². The van der Waals surface area contributed by atoms with E-state index in [1.165, 1.54) is 0 Å². The molecular weight excluding hydrogens is 361 g/mol. The molecule has 3 rings (SSSR count). The molecule has 0 radical (unpaired) electrons. The molecule has 1 aromatic carbocycles. The summed E-state index contributed by atoms with van der Waals surface area (Å²) in [5.41, 5.74) is 0. The number of piperazine rings is 1. The van der Waals surface area contributed by atoms with E-state index in [0.717, 1.165) is 69.4 Å². The van der Waals surface area contributed by atoms with E-state index in [9.17, 15) is 4.79 Å². The number of hydrogen-bond donors (Lipinski definition) is 1. The molecule has 7 heteroatoms. The number of nitrogens with one attached hydrogen (secondary N) is 1. The summed E-state index contributed by atoms with van der Waals surface area (Å²) in [6, 6.07) is 7.44. The van der Waals surface area contributed by atoms with Gasteiger partial charge in [-0.2, -0.15) is 0 Å². The number of carbonyl (C=O) groups excluding carboxylic acids is 1. The van der Waals surface area contributed by atoms with Gasteiger partial charge in [-0.3, -0.25) is 9.69 Å². The summed E-state index contributed by atoms with van der Waals surface area (Å²) >= 11 is 5.86. The molecule has 2 heterocycles. The fourth-order valence-electron chi connectivity index (χ4n) is 3.34. The maximum absolute atomic E-state index is 12.5. The van der Waals surface area contributed by atoms with Crippen LogP contribution in [0.4, 0.5) is 0 Å².